The van der Waals surface area contributed by atoms with E-state index < -0.39 is 6.04 Å². The Morgan fingerprint density at radius 3 is 1.44 bits per heavy atom. The topological polar surface area (TPSA) is 12.0 Å². The maximum Gasteiger partial charge on any atom is 0.0427 e. The lowest BCUT2D eigenvalue weighted by molar-refractivity contribution is 1.03. The Hall–Kier alpha value is -2.67. The lowest BCUT2D eigenvalue weighted by Gasteiger charge is -2.38. The molecule has 0 fully saturated rings. The molecule has 1 aliphatic heterocycles. The zero-order valence-corrected chi connectivity index (χ0v) is 19.9. The van der Waals surface area contributed by atoms with E-state index in [1.54, 1.807) is 0 Å². The van der Waals surface area contributed by atoms with Gasteiger partial charge < -0.3 is 5.32 Å². The Kier molecular flexibility index (Phi) is 6.26. The number of nitrogens with one attached hydrogen (secondary N) is 1. The van der Waals surface area contributed by atoms with Crippen molar-refractivity contribution in [1.29, 1.82) is 0 Å². The van der Waals surface area contributed by atoms with Crippen LogP contribution in [0.25, 0.3) is 0 Å². The SMILES string of the molecule is S=P(CCc1ccccc1)(CCc1ccccc1)C1c2ccccc2Nc2ccccc21. The Morgan fingerprint density at radius 2 is 0.969 bits per heavy atom. The first-order valence-electron chi connectivity index (χ1n) is 11.3. The van der Waals surface area contributed by atoms with Gasteiger partial charge in [-0.2, -0.15) is 0 Å². The van der Waals surface area contributed by atoms with Crippen molar-refractivity contribution in [3.8, 4) is 0 Å². The largest absolute Gasteiger partial charge is 0.355 e. The molecule has 0 saturated heterocycles. The van der Waals surface area contributed by atoms with E-state index in [-0.39, 0.29) is 0 Å². The van der Waals surface area contributed by atoms with Crippen LogP contribution in [-0.2, 0) is 24.6 Å². The first-order valence-corrected chi connectivity index (χ1v) is 14.6. The smallest absolute Gasteiger partial charge is 0.0427 e. The van der Waals surface area contributed by atoms with Crippen LogP contribution in [0.2, 0.25) is 0 Å². The molecule has 0 amide bonds. The summed E-state index contributed by atoms with van der Waals surface area (Å²) in [5.74, 6) is 0. The third kappa shape index (κ3) is 4.44. The maximum atomic E-state index is 6.76. The minimum Gasteiger partial charge on any atom is -0.355 e. The highest BCUT2D eigenvalue weighted by molar-refractivity contribution is 8.14. The predicted molar refractivity (Wildman–Crippen MR) is 142 cm³/mol. The van der Waals surface area contributed by atoms with E-state index in [0.717, 1.165) is 25.2 Å². The summed E-state index contributed by atoms with van der Waals surface area (Å²) >= 11 is 6.76. The van der Waals surface area contributed by atoms with Crippen LogP contribution in [0.1, 0.15) is 27.9 Å². The fraction of sp³-hybridized carbons (Fsp3) is 0.172. The number of para-hydroxylation sites is 2. The molecular weight excluding hydrogens is 425 g/mol. The lowest BCUT2D eigenvalue weighted by atomic mass is 9.97. The zero-order chi connectivity index (χ0) is 21.8. The summed E-state index contributed by atoms with van der Waals surface area (Å²) in [6.07, 6.45) is 4.24. The van der Waals surface area contributed by atoms with Crippen molar-refractivity contribution in [1.82, 2.24) is 0 Å². The number of aryl methyl sites for hydroxylation is 2. The quantitative estimate of drug-likeness (QED) is 0.287. The van der Waals surface area contributed by atoms with Gasteiger partial charge in [0.1, 0.15) is 0 Å². The number of hydrogen-bond acceptors (Lipinski definition) is 2. The number of benzene rings is 4. The lowest BCUT2D eigenvalue weighted by Crippen LogP contribution is -2.17. The second-order valence-electron chi connectivity index (χ2n) is 8.57. The van der Waals surface area contributed by atoms with Gasteiger partial charge >= 0.3 is 0 Å². The maximum absolute atomic E-state index is 6.76. The van der Waals surface area contributed by atoms with Crippen molar-refractivity contribution < 1.29 is 0 Å². The van der Waals surface area contributed by atoms with E-state index in [1.807, 2.05) is 0 Å². The number of hydrogen-bond donors (Lipinski definition) is 1. The summed E-state index contributed by atoms with van der Waals surface area (Å²) in [5, 5.41) is 3.66. The number of rotatable bonds is 7. The Labute approximate surface area is 196 Å². The standard InChI is InChI=1S/C29H28NPS/c32-31(21-19-23-11-3-1-4-12-23,22-20-24-13-5-2-6-14-24)29-25-15-7-9-17-27(25)30-28-18-10-8-16-26(28)29/h1-18,29-30H,19-22H2. The molecule has 0 aliphatic carbocycles. The van der Waals surface area contributed by atoms with Crippen LogP contribution in [0.4, 0.5) is 11.4 Å². The molecule has 160 valence electrons. The monoisotopic (exact) mass is 453 g/mol. The average Bonchev–Trinajstić information content (AvgIpc) is 2.86. The summed E-state index contributed by atoms with van der Waals surface area (Å²) in [6, 6.07) is 37.4. The van der Waals surface area contributed by atoms with Crippen LogP contribution in [0.15, 0.2) is 109 Å². The van der Waals surface area contributed by atoms with Gasteiger partial charge in [-0.15, -0.1) is 0 Å². The van der Waals surface area contributed by atoms with Gasteiger partial charge in [-0.3, -0.25) is 0 Å². The van der Waals surface area contributed by atoms with E-state index in [9.17, 15) is 0 Å². The molecule has 5 rings (SSSR count). The number of fused-ring (bicyclic) bond motifs is 2. The van der Waals surface area contributed by atoms with Crippen LogP contribution in [0.3, 0.4) is 0 Å². The molecule has 1 aliphatic rings. The van der Waals surface area contributed by atoms with Gasteiger partial charge in [0.25, 0.3) is 0 Å². The molecule has 1 heterocycles. The molecule has 0 aromatic heterocycles. The van der Waals surface area contributed by atoms with E-state index in [0.29, 0.717) is 5.66 Å². The number of anilines is 2. The van der Waals surface area contributed by atoms with Gasteiger partial charge in [0.2, 0.25) is 0 Å². The van der Waals surface area contributed by atoms with Crippen LogP contribution < -0.4 is 5.32 Å². The molecule has 1 nitrogen and oxygen atoms in total. The van der Waals surface area contributed by atoms with E-state index in [1.165, 1.54) is 33.6 Å². The first kappa shape index (κ1) is 21.2. The Morgan fingerprint density at radius 1 is 0.562 bits per heavy atom. The molecule has 0 saturated carbocycles. The van der Waals surface area contributed by atoms with Crippen molar-refractivity contribution in [2.45, 2.75) is 18.5 Å². The summed E-state index contributed by atoms with van der Waals surface area (Å²) in [4.78, 5) is 0. The molecule has 1 N–H and O–H groups in total. The van der Waals surface area contributed by atoms with Gasteiger partial charge in [0.15, 0.2) is 0 Å². The van der Waals surface area contributed by atoms with Crippen LogP contribution in [-0.4, -0.2) is 12.3 Å². The van der Waals surface area contributed by atoms with E-state index in [2.05, 4.69) is 115 Å². The molecule has 0 bridgehead atoms. The highest BCUT2D eigenvalue weighted by Gasteiger charge is 2.36. The van der Waals surface area contributed by atoms with Crippen molar-refractivity contribution in [3.05, 3.63) is 131 Å². The van der Waals surface area contributed by atoms with Crippen LogP contribution in [0, 0.1) is 0 Å². The first-order chi connectivity index (χ1) is 15.7. The molecule has 0 spiro atoms. The predicted octanol–water partition coefficient (Wildman–Crippen LogP) is 7.80. The summed E-state index contributed by atoms with van der Waals surface area (Å²) in [7, 11) is 0. The zero-order valence-electron chi connectivity index (χ0n) is 18.2. The summed E-state index contributed by atoms with van der Waals surface area (Å²) < 4.78 is 0. The average molecular weight is 454 g/mol. The molecule has 4 aromatic carbocycles. The highest BCUT2D eigenvalue weighted by Crippen LogP contribution is 2.66. The van der Waals surface area contributed by atoms with Crippen LogP contribution in [0.5, 0.6) is 0 Å². The third-order valence-corrected chi connectivity index (χ3v) is 11.7. The highest BCUT2D eigenvalue weighted by atomic mass is 32.4. The fourth-order valence-electron chi connectivity index (χ4n) is 4.81. The van der Waals surface area contributed by atoms with Crippen LogP contribution >= 0.6 is 6.04 Å². The van der Waals surface area contributed by atoms with Crippen molar-refractivity contribution in [2.75, 3.05) is 17.6 Å². The second kappa shape index (κ2) is 9.45. The van der Waals surface area contributed by atoms with E-state index in [4.69, 9.17) is 11.8 Å². The molecule has 0 unspecified atom stereocenters. The Bertz CT molecular complexity index is 1140. The minimum atomic E-state index is -1.80. The second-order valence-corrected chi connectivity index (χ2v) is 14.1. The van der Waals surface area contributed by atoms with E-state index >= 15 is 0 Å². The molecule has 32 heavy (non-hydrogen) atoms. The molecule has 0 radical (unpaired) electrons. The van der Waals surface area contributed by atoms with Crippen molar-refractivity contribution >= 4 is 29.2 Å². The van der Waals surface area contributed by atoms with Gasteiger partial charge in [-0.05, 0) is 65.6 Å². The molecule has 4 aromatic rings. The summed E-state index contributed by atoms with van der Waals surface area (Å²) in [6.45, 7) is 0. The van der Waals surface area contributed by atoms with Gasteiger partial charge in [0, 0.05) is 17.0 Å². The molecule has 3 heteroatoms. The third-order valence-electron chi connectivity index (χ3n) is 6.49. The van der Waals surface area contributed by atoms with Gasteiger partial charge in [-0.1, -0.05) is 109 Å². The van der Waals surface area contributed by atoms with Crippen molar-refractivity contribution in [2.24, 2.45) is 0 Å². The van der Waals surface area contributed by atoms with Crippen molar-refractivity contribution in [3.63, 3.8) is 0 Å². The van der Waals surface area contributed by atoms with Gasteiger partial charge in [-0.25, -0.2) is 0 Å². The molecule has 0 atom stereocenters. The minimum absolute atomic E-state index is 0.290. The molecular formula is C29H28NPS. The fourth-order valence-corrected chi connectivity index (χ4v) is 9.52. The Balaban J connectivity index is 1.55. The van der Waals surface area contributed by atoms with Gasteiger partial charge in [0.05, 0.1) is 0 Å². The summed E-state index contributed by atoms with van der Waals surface area (Å²) in [5.41, 5.74) is 8.23. The normalized spacial score (nSPS) is 13.1.